The normalized spacial score (nSPS) is 15.8. The van der Waals surface area contributed by atoms with E-state index in [2.05, 4.69) is 80.1 Å². The Morgan fingerprint density at radius 3 is 2.27 bits per heavy atom. The molecule has 0 bridgehead atoms. The van der Waals surface area contributed by atoms with Gasteiger partial charge in [0, 0.05) is 0 Å². The minimum absolute atomic E-state index is 0.567. The predicted molar refractivity (Wildman–Crippen MR) is 116 cm³/mol. The van der Waals surface area contributed by atoms with Crippen LogP contribution in [0, 0.1) is 6.92 Å². The third-order valence-corrected chi connectivity index (χ3v) is 10.4. The predicted octanol–water partition coefficient (Wildman–Crippen LogP) is 5.81. The van der Waals surface area contributed by atoms with Gasteiger partial charge in [0.05, 0.1) is 0 Å². The van der Waals surface area contributed by atoms with Gasteiger partial charge >= 0.3 is 163 Å². The summed E-state index contributed by atoms with van der Waals surface area (Å²) >= 11 is -1.95. The molecule has 1 fully saturated rings. The molecule has 2 heteroatoms. The maximum absolute atomic E-state index is 2.57. The summed E-state index contributed by atoms with van der Waals surface area (Å²) in [6.07, 6.45) is 8.06. The molecule has 0 radical (unpaired) electrons. The van der Waals surface area contributed by atoms with Crippen LogP contribution in [0.2, 0.25) is 17.3 Å². The van der Waals surface area contributed by atoms with Gasteiger partial charge in [-0.05, 0) is 0 Å². The average molecular weight is 411 g/mol. The Bertz CT molecular complexity index is 793. The summed E-state index contributed by atoms with van der Waals surface area (Å²) < 4.78 is 4.12. The second-order valence-electron chi connectivity index (χ2n) is 9.60. The maximum atomic E-state index is 2.57. The first-order valence-corrected chi connectivity index (χ1v) is 17.7. The molecule has 26 heavy (non-hydrogen) atoms. The van der Waals surface area contributed by atoms with Crippen LogP contribution in [0.25, 0.3) is 11.3 Å². The zero-order valence-corrected chi connectivity index (χ0v) is 19.9. The van der Waals surface area contributed by atoms with Crippen molar-refractivity contribution < 1.29 is 4.57 Å². The van der Waals surface area contributed by atoms with Gasteiger partial charge in [0.25, 0.3) is 0 Å². The van der Waals surface area contributed by atoms with E-state index in [9.17, 15) is 0 Å². The summed E-state index contributed by atoms with van der Waals surface area (Å²) in [6, 6.07) is 9.58. The van der Waals surface area contributed by atoms with Crippen molar-refractivity contribution in [3.8, 4) is 11.3 Å². The molecule has 1 aliphatic rings. The molecule has 0 saturated heterocycles. The van der Waals surface area contributed by atoms with Crippen LogP contribution >= 0.6 is 0 Å². The van der Waals surface area contributed by atoms with Crippen LogP contribution in [0.3, 0.4) is 0 Å². The van der Waals surface area contributed by atoms with E-state index in [1.807, 2.05) is 0 Å². The van der Waals surface area contributed by atoms with Crippen molar-refractivity contribution in [2.45, 2.75) is 75.6 Å². The number of aromatic nitrogens is 1. The topological polar surface area (TPSA) is 3.88 Å². The summed E-state index contributed by atoms with van der Waals surface area (Å²) in [5, 5.41) is 0. The van der Waals surface area contributed by atoms with E-state index in [-0.39, 0.29) is 0 Å². The molecule has 1 aliphatic carbocycles. The molecule has 0 atom stereocenters. The van der Waals surface area contributed by atoms with Gasteiger partial charge in [0.1, 0.15) is 0 Å². The van der Waals surface area contributed by atoms with Gasteiger partial charge in [-0.3, -0.25) is 0 Å². The van der Waals surface area contributed by atoms with E-state index in [4.69, 9.17) is 0 Å². The molecule has 0 amide bonds. The second-order valence-corrected chi connectivity index (χ2v) is 20.2. The standard InChI is InChI=1S/C24H36GeN/c1-17(2)20-13-12-18(3)21(14-20)24-15-23(25(4,5)6)22(16-26(24)7)19-10-8-9-11-19/h12-17,19H,8-11H2,1-7H3/q+1. The summed E-state index contributed by atoms with van der Waals surface area (Å²) in [6.45, 7) is 6.82. The number of aryl methyl sites for hydroxylation is 2. The van der Waals surface area contributed by atoms with Crippen LogP contribution < -0.4 is 8.96 Å². The van der Waals surface area contributed by atoms with Gasteiger partial charge in [-0.25, -0.2) is 0 Å². The zero-order chi connectivity index (χ0) is 19.1. The molecule has 0 N–H and O–H groups in total. The molecular formula is C24H36GeN+. The van der Waals surface area contributed by atoms with Crippen LogP contribution in [-0.2, 0) is 7.05 Å². The summed E-state index contributed by atoms with van der Waals surface area (Å²) in [4.78, 5) is 0. The van der Waals surface area contributed by atoms with E-state index >= 15 is 0 Å². The van der Waals surface area contributed by atoms with E-state index in [1.165, 1.54) is 48.1 Å². The fourth-order valence-electron chi connectivity index (χ4n) is 4.42. The molecule has 0 unspecified atom stereocenters. The Hall–Kier alpha value is -1.09. The van der Waals surface area contributed by atoms with Crippen LogP contribution in [0.15, 0.2) is 30.5 Å². The summed E-state index contributed by atoms with van der Waals surface area (Å²) in [7, 11) is 2.24. The average Bonchev–Trinajstić information content (AvgIpc) is 3.08. The van der Waals surface area contributed by atoms with Crippen molar-refractivity contribution >= 4 is 17.7 Å². The molecule has 140 valence electrons. The summed E-state index contributed by atoms with van der Waals surface area (Å²) in [5.41, 5.74) is 7.28. The number of nitrogens with zero attached hydrogens (tertiary/aromatic N) is 1. The quantitative estimate of drug-likeness (QED) is 0.442. The molecule has 1 aromatic carbocycles. The molecule has 2 aromatic rings. The Labute approximate surface area is 163 Å². The number of hydrogen-bond donors (Lipinski definition) is 0. The molecule has 0 spiro atoms. The monoisotopic (exact) mass is 412 g/mol. The fraction of sp³-hybridized carbons (Fsp3) is 0.542. The third-order valence-electron chi connectivity index (χ3n) is 6.11. The van der Waals surface area contributed by atoms with Gasteiger partial charge in [0.2, 0.25) is 0 Å². The second kappa shape index (κ2) is 7.50. The molecule has 0 aliphatic heterocycles. The number of benzene rings is 1. The molecule has 3 rings (SSSR count). The van der Waals surface area contributed by atoms with Gasteiger partial charge in [-0.15, -0.1) is 0 Å². The summed E-state index contributed by atoms with van der Waals surface area (Å²) in [5.74, 6) is 9.01. The first-order chi connectivity index (χ1) is 12.2. The van der Waals surface area contributed by atoms with Gasteiger partial charge in [-0.1, -0.05) is 0 Å². The Morgan fingerprint density at radius 2 is 1.69 bits per heavy atom. The van der Waals surface area contributed by atoms with E-state index in [0.29, 0.717) is 5.92 Å². The first-order valence-electron chi connectivity index (χ1n) is 10.3. The van der Waals surface area contributed by atoms with Crippen LogP contribution in [-0.4, -0.2) is 13.3 Å². The number of pyridine rings is 1. The minimum atomic E-state index is -1.95. The van der Waals surface area contributed by atoms with Crippen molar-refractivity contribution in [2.75, 3.05) is 0 Å². The van der Waals surface area contributed by atoms with Crippen LogP contribution in [0.1, 0.15) is 68.1 Å². The molecule has 1 saturated carbocycles. The zero-order valence-electron chi connectivity index (χ0n) is 17.8. The first kappa shape index (κ1) is 19.7. The van der Waals surface area contributed by atoms with Gasteiger partial charge in [-0.2, -0.15) is 0 Å². The number of rotatable bonds is 4. The van der Waals surface area contributed by atoms with Crippen molar-refractivity contribution in [3.05, 3.63) is 47.2 Å². The van der Waals surface area contributed by atoms with Crippen LogP contribution in [0.4, 0.5) is 0 Å². The Balaban J connectivity index is 2.19. The van der Waals surface area contributed by atoms with Gasteiger partial charge < -0.3 is 0 Å². The molecule has 1 heterocycles. The van der Waals surface area contributed by atoms with Crippen molar-refractivity contribution in [2.24, 2.45) is 7.05 Å². The van der Waals surface area contributed by atoms with Crippen molar-refractivity contribution in [1.29, 1.82) is 0 Å². The van der Waals surface area contributed by atoms with E-state index in [0.717, 1.165) is 5.92 Å². The molecule has 1 aromatic heterocycles. The van der Waals surface area contributed by atoms with Crippen molar-refractivity contribution in [1.82, 2.24) is 0 Å². The Kier molecular flexibility index (Phi) is 5.67. The fourth-order valence-corrected chi connectivity index (χ4v) is 8.00. The van der Waals surface area contributed by atoms with Crippen LogP contribution in [0.5, 0.6) is 0 Å². The van der Waals surface area contributed by atoms with Crippen molar-refractivity contribution in [3.63, 3.8) is 0 Å². The number of hydrogen-bond acceptors (Lipinski definition) is 0. The van der Waals surface area contributed by atoms with E-state index < -0.39 is 13.3 Å². The van der Waals surface area contributed by atoms with E-state index in [1.54, 1.807) is 9.96 Å². The third kappa shape index (κ3) is 3.93. The Morgan fingerprint density at radius 1 is 1.04 bits per heavy atom. The molecular weight excluding hydrogens is 375 g/mol. The SMILES string of the molecule is Cc1ccc(C(C)C)cc1-c1c[c]([Ge]([CH3])([CH3])[CH3])c(C2CCCC2)c[n+]1C. The molecule has 1 nitrogen and oxygen atoms in total. The van der Waals surface area contributed by atoms with Gasteiger partial charge in [0.15, 0.2) is 0 Å².